The summed E-state index contributed by atoms with van der Waals surface area (Å²) in [6, 6.07) is 19.8. The van der Waals surface area contributed by atoms with Crippen LogP contribution in [0.15, 0.2) is 95.3 Å². The molecule has 2 aromatic carbocycles. The molecule has 0 aromatic heterocycles. The molecule has 0 bridgehead atoms. The molecule has 3 rings (SSSR count). The molecule has 4 heteroatoms. The zero-order chi connectivity index (χ0) is 20.5. The van der Waals surface area contributed by atoms with Crippen LogP contribution in [0.25, 0.3) is 6.08 Å². The Bertz CT molecular complexity index is 916. The van der Waals surface area contributed by atoms with E-state index in [1.165, 1.54) is 6.08 Å². The van der Waals surface area contributed by atoms with Crippen LogP contribution >= 0.6 is 11.8 Å². The van der Waals surface area contributed by atoms with Crippen LogP contribution in [0.4, 0.5) is 0 Å². The number of hydrogen-bond donors (Lipinski definition) is 0. The van der Waals surface area contributed by atoms with Gasteiger partial charge < -0.3 is 4.74 Å². The lowest BCUT2D eigenvalue weighted by atomic mass is 9.73. The molecular weight excluding hydrogens is 380 g/mol. The molecule has 1 atom stereocenters. The number of ketones is 1. The van der Waals surface area contributed by atoms with Crippen molar-refractivity contribution in [2.45, 2.75) is 24.2 Å². The van der Waals surface area contributed by atoms with Gasteiger partial charge in [-0.05, 0) is 47.9 Å². The van der Waals surface area contributed by atoms with Crippen molar-refractivity contribution in [2.24, 2.45) is 5.41 Å². The maximum atomic E-state index is 13.1. The third-order valence-corrected chi connectivity index (χ3v) is 5.95. The number of hydrogen-bond acceptors (Lipinski definition) is 4. The van der Waals surface area contributed by atoms with Crippen molar-refractivity contribution >= 4 is 29.6 Å². The first-order chi connectivity index (χ1) is 14.1. The van der Waals surface area contributed by atoms with E-state index in [1.807, 2.05) is 72.8 Å². The Morgan fingerprint density at radius 3 is 2.45 bits per heavy atom. The van der Waals surface area contributed by atoms with Gasteiger partial charge >= 0.3 is 5.97 Å². The minimum Gasteiger partial charge on any atom is -0.461 e. The fraction of sp³-hybridized carbons (Fsp3) is 0.200. The second-order valence-electron chi connectivity index (χ2n) is 6.88. The van der Waals surface area contributed by atoms with E-state index < -0.39 is 11.4 Å². The van der Waals surface area contributed by atoms with Crippen molar-refractivity contribution in [3.63, 3.8) is 0 Å². The fourth-order valence-corrected chi connectivity index (χ4v) is 4.22. The highest BCUT2D eigenvalue weighted by molar-refractivity contribution is 8.03. The third kappa shape index (κ3) is 5.36. The van der Waals surface area contributed by atoms with Gasteiger partial charge in [-0.25, -0.2) is 0 Å². The monoisotopic (exact) mass is 404 g/mol. The molecule has 0 saturated heterocycles. The molecule has 0 amide bonds. The summed E-state index contributed by atoms with van der Waals surface area (Å²) in [7, 11) is 0. The number of carbonyl (C=O) groups is 2. The zero-order valence-corrected chi connectivity index (χ0v) is 17.1. The number of esters is 1. The van der Waals surface area contributed by atoms with Gasteiger partial charge in [0.25, 0.3) is 0 Å². The van der Waals surface area contributed by atoms with E-state index in [9.17, 15) is 9.59 Å². The topological polar surface area (TPSA) is 43.4 Å². The minimum atomic E-state index is -1.17. The minimum absolute atomic E-state index is 0.103. The van der Waals surface area contributed by atoms with Crippen LogP contribution in [0, 0.1) is 5.41 Å². The summed E-state index contributed by atoms with van der Waals surface area (Å²) in [5.41, 5.74) is -0.143. The standard InChI is InChI=1S/C25H24O3S/c1-2-18-28-24(27)25(16-9-12-20-10-5-3-6-11-20)17-15-22(19-23(25)26)29-21-13-7-4-8-14-21/h2-14,19H,1,15-18H2/b12-9+. The largest absolute Gasteiger partial charge is 0.461 e. The Kier molecular flexibility index (Phi) is 7.25. The second-order valence-corrected chi connectivity index (χ2v) is 8.08. The maximum absolute atomic E-state index is 13.1. The molecular formula is C25H24O3S. The van der Waals surface area contributed by atoms with E-state index in [2.05, 4.69) is 6.58 Å². The number of rotatable bonds is 8. The predicted molar refractivity (Wildman–Crippen MR) is 118 cm³/mol. The van der Waals surface area contributed by atoms with Crippen LogP contribution < -0.4 is 0 Å². The van der Waals surface area contributed by atoms with Crippen molar-refractivity contribution in [2.75, 3.05) is 6.61 Å². The Morgan fingerprint density at radius 1 is 1.10 bits per heavy atom. The molecule has 0 fully saturated rings. The number of carbonyl (C=O) groups excluding carboxylic acids is 2. The van der Waals surface area contributed by atoms with Crippen LogP contribution in [0.5, 0.6) is 0 Å². The molecule has 1 aliphatic rings. The van der Waals surface area contributed by atoms with Gasteiger partial charge in [-0.3, -0.25) is 9.59 Å². The van der Waals surface area contributed by atoms with Crippen molar-refractivity contribution < 1.29 is 14.3 Å². The number of ether oxygens (including phenoxy) is 1. The van der Waals surface area contributed by atoms with E-state index in [0.717, 1.165) is 15.4 Å². The van der Waals surface area contributed by atoms with Crippen molar-refractivity contribution in [3.8, 4) is 0 Å². The number of allylic oxidation sites excluding steroid dienone is 3. The summed E-state index contributed by atoms with van der Waals surface area (Å²) in [6.07, 6.45) is 8.38. The normalized spacial score (nSPS) is 19.0. The highest BCUT2D eigenvalue weighted by Crippen LogP contribution is 2.42. The van der Waals surface area contributed by atoms with Crippen LogP contribution in [-0.4, -0.2) is 18.4 Å². The molecule has 1 aliphatic carbocycles. The smallest absolute Gasteiger partial charge is 0.320 e. The molecule has 0 N–H and O–H groups in total. The van der Waals surface area contributed by atoms with Gasteiger partial charge in [-0.15, -0.1) is 0 Å². The van der Waals surface area contributed by atoms with Crippen LogP contribution in [0.1, 0.15) is 24.8 Å². The molecule has 0 heterocycles. The third-order valence-electron chi connectivity index (χ3n) is 4.85. The second kappa shape index (κ2) is 10.1. The molecule has 0 aliphatic heterocycles. The Labute approximate surface area is 176 Å². The molecule has 0 saturated carbocycles. The van der Waals surface area contributed by atoms with Crippen LogP contribution in [0.3, 0.4) is 0 Å². The Hall–Kier alpha value is -2.85. The summed E-state index contributed by atoms with van der Waals surface area (Å²) in [4.78, 5) is 28.0. The molecule has 0 spiro atoms. The maximum Gasteiger partial charge on any atom is 0.320 e. The predicted octanol–water partition coefficient (Wildman–Crippen LogP) is 5.84. The molecule has 29 heavy (non-hydrogen) atoms. The van der Waals surface area contributed by atoms with E-state index in [0.29, 0.717) is 19.3 Å². The van der Waals surface area contributed by atoms with Gasteiger partial charge in [-0.2, -0.15) is 0 Å². The van der Waals surface area contributed by atoms with E-state index >= 15 is 0 Å². The lowest BCUT2D eigenvalue weighted by molar-refractivity contribution is -0.158. The van der Waals surface area contributed by atoms with Gasteiger partial charge in [-0.1, -0.05) is 85.1 Å². The highest BCUT2D eigenvalue weighted by atomic mass is 32.2. The first kappa shape index (κ1) is 20.9. The van der Waals surface area contributed by atoms with Crippen LogP contribution in [0.2, 0.25) is 0 Å². The Morgan fingerprint density at radius 2 is 1.79 bits per heavy atom. The van der Waals surface area contributed by atoms with Crippen molar-refractivity contribution in [1.82, 2.24) is 0 Å². The van der Waals surface area contributed by atoms with E-state index in [1.54, 1.807) is 17.8 Å². The summed E-state index contributed by atoms with van der Waals surface area (Å²) in [6.45, 7) is 3.69. The molecule has 2 aromatic rings. The SMILES string of the molecule is C=CCOC(=O)C1(C/C=C/c2ccccc2)CCC(Sc2ccccc2)=CC1=O. The quantitative estimate of drug-likeness (QED) is 0.315. The summed E-state index contributed by atoms with van der Waals surface area (Å²) in [5, 5.41) is 0. The molecule has 148 valence electrons. The van der Waals surface area contributed by atoms with Gasteiger partial charge in [0.15, 0.2) is 5.78 Å². The van der Waals surface area contributed by atoms with Gasteiger partial charge in [0.1, 0.15) is 12.0 Å². The van der Waals surface area contributed by atoms with Gasteiger partial charge in [0, 0.05) is 4.90 Å². The van der Waals surface area contributed by atoms with Gasteiger partial charge in [0.05, 0.1) is 0 Å². The molecule has 3 nitrogen and oxygen atoms in total. The highest BCUT2D eigenvalue weighted by Gasteiger charge is 2.47. The van der Waals surface area contributed by atoms with E-state index in [4.69, 9.17) is 4.74 Å². The van der Waals surface area contributed by atoms with Gasteiger partial charge in [0.2, 0.25) is 0 Å². The fourth-order valence-electron chi connectivity index (χ4n) is 3.26. The molecule has 1 unspecified atom stereocenters. The van der Waals surface area contributed by atoms with Crippen molar-refractivity contribution in [3.05, 3.63) is 95.9 Å². The first-order valence-electron chi connectivity index (χ1n) is 9.62. The van der Waals surface area contributed by atoms with E-state index in [-0.39, 0.29) is 12.4 Å². The molecule has 0 radical (unpaired) electrons. The summed E-state index contributed by atoms with van der Waals surface area (Å²) in [5.74, 6) is -0.658. The Balaban J connectivity index is 1.80. The summed E-state index contributed by atoms with van der Waals surface area (Å²) < 4.78 is 5.31. The summed E-state index contributed by atoms with van der Waals surface area (Å²) >= 11 is 1.57. The van der Waals surface area contributed by atoms with Crippen molar-refractivity contribution in [1.29, 1.82) is 0 Å². The number of thioether (sulfide) groups is 1. The zero-order valence-electron chi connectivity index (χ0n) is 16.3. The number of benzene rings is 2. The lowest BCUT2D eigenvalue weighted by Gasteiger charge is -2.31. The average Bonchev–Trinajstić information content (AvgIpc) is 2.75. The first-order valence-corrected chi connectivity index (χ1v) is 10.4. The lowest BCUT2D eigenvalue weighted by Crippen LogP contribution is -2.41. The van der Waals surface area contributed by atoms with Crippen LogP contribution in [-0.2, 0) is 14.3 Å². The average molecular weight is 405 g/mol.